The van der Waals surface area contributed by atoms with Crippen molar-refractivity contribution in [3.63, 3.8) is 0 Å². The number of ketones is 2. The Morgan fingerprint density at radius 2 is 2.03 bits per heavy atom. The third-order valence-corrected chi connectivity index (χ3v) is 6.97. The Morgan fingerprint density at radius 3 is 2.76 bits per heavy atom. The summed E-state index contributed by atoms with van der Waals surface area (Å²) >= 11 is 5.94. The van der Waals surface area contributed by atoms with Crippen LogP contribution in [0.25, 0.3) is 0 Å². The molecule has 4 rings (SSSR count). The zero-order valence-corrected chi connectivity index (χ0v) is 20.9. The number of halogens is 1. The second kappa shape index (κ2) is 11.0. The Kier molecular flexibility index (Phi) is 7.96. The molecule has 0 bridgehead atoms. The van der Waals surface area contributed by atoms with Crippen molar-refractivity contribution < 1.29 is 32.4 Å². The summed E-state index contributed by atoms with van der Waals surface area (Å²) in [6.45, 7) is -0.118. The van der Waals surface area contributed by atoms with Crippen molar-refractivity contribution >= 4 is 39.3 Å². The number of nitrogens with zero attached hydrogens (tertiary/aromatic N) is 4. The Balaban J connectivity index is 1.48. The van der Waals surface area contributed by atoms with Crippen molar-refractivity contribution in [1.82, 2.24) is 24.5 Å². The average Bonchev–Trinajstić information content (AvgIpc) is 3.44. The second-order valence-corrected chi connectivity index (χ2v) is 10.2. The number of hydrogen-bond donors (Lipinski definition) is 4. The van der Waals surface area contributed by atoms with E-state index < -0.39 is 40.4 Å². The molecule has 37 heavy (non-hydrogen) atoms. The number of nitrogens with one attached hydrogen (secondary N) is 2. The van der Waals surface area contributed by atoms with Crippen LogP contribution in [0.4, 0.5) is 5.82 Å². The molecule has 0 unspecified atom stereocenters. The van der Waals surface area contributed by atoms with E-state index >= 15 is 0 Å². The minimum atomic E-state index is -4.11. The molecule has 3 aromatic rings. The van der Waals surface area contributed by atoms with Gasteiger partial charge in [0.15, 0.2) is 5.78 Å². The van der Waals surface area contributed by atoms with E-state index in [0.29, 0.717) is 10.6 Å². The van der Waals surface area contributed by atoms with Gasteiger partial charge in [-0.2, -0.15) is 18.2 Å². The van der Waals surface area contributed by atoms with Crippen LogP contribution in [0.1, 0.15) is 32.8 Å². The lowest BCUT2D eigenvalue weighted by Crippen LogP contribution is -2.38. The summed E-state index contributed by atoms with van der Waals surface area (Å²) in [4.78, 5) is 33.6. The van der Waals surface area contributed by atoms with Crippen LogP contribution in [0.5, 0.6) is 0 Å². The molecule has 2 heterocycles. The van der Waals surface area contributed by atoms with E-state index in [-0.39, 0.29) is 35.8 Å². The van der Waals surface area contributed by atoms with Crippen LogP contribution < -0.4 is 10.0 Å². The zero-order valence-electron chi connectivity index (χ0n) is 19.4. The number of anilines is 1. The molecule has 0 saturated heterocycles. The van der Waals surface area contributed by atoms with Gasteiger partial charge in [0.2, 0.25) is 5.78 Å². The van der Waals surface area contributed by atoms with Crippen molar-refractivity contribution in [3.05, 3.63) is 70.9 Å². The summed E-state index contributed by atoms with van der Waals surface area (Å²) in [6, 6.07) is 7.02. The van der Waals surface area contributed by atoms with E-state index in [4.69, 9.17) is 15.8 Å². The number of Topliss-reactive ketones (excluding diaryl/α,β-unsaturated/α-hetero) is 1. The fourth-order valence-corrected chi connectivity index (χ4v) is 4.64. The van der Waals surface area contributed by atoms with Crippen LogP contribution in [0.3, 0.4) is 0 Å². The van der Waals surface area contributed by atoms with E-state index in [0.717, 1.165) is 7.05 Å². The number of aliphatic hydroxyl groups is 2. The molecule has 1 aliphatic rings. The fourth-order valence-electron chi connectivity index (χ4n) is 3.83. The summed E-state index contributed by atoms with van der Waals surface area (Å²) < 4.78 is 31.5. The topological polar surface area (TPSA) is 186 Å². The molecule has 15 heteroatoms. The molecule has 1 aromatic carbocycles. The van der Waals surface area contributed by atoms with Gasteiger partial charge in [-0.05, 0) is 18.2 Å². The Bertz CT molecular complexity index is 1420. The number of aliphatic hydroxyl groups excluding tert-OH is 2. The van der Waals surface area contributed by atoms with Crippen LogP contribution in [-0.4, -0.2) is 81.3 Å². The van der Waals surface area contributed by atoms with Crippen molar-refractivity contribution in [3.8, 4) is 0 Å². The molecule has 13 nitrogen and oxygen atoms in total. The number of carbonyl (C=O) groups is 2. The molecule has 0 amide bonds. The highest BCUT2D eigenvalue weighted by Gasteiger charge is 2.44. The lowest BCUT2D eigenvalue weighted by molar-refractivity contribution is -0.00882. The number of benzene rings is 1. The third kappa shape index (κ3) is 6.18. The van der Waals surface area contributed by atoms with E-state index in [1.807, 2.05) is 4.72 Å². The first-order valence-corrected chi connectivity index (χ1v) is 12.8. The number of carbonyl (C=O) groups excluding carboxylic acids is 2. The molecule has 0 radical (unpaired) electrons. The number of rotatable bonds is 10. The van der Waals surface area contributed by atoms with Gasteiger partial charge >= 0.3 is 10.3 Å². The Morgan fingerprint density at radius 1 is 1.24 bits per heavy atom. The van der Waals surface area contributed by atoms with Gasteiger partial charge in [0, 0.05) is 36.4 Å². The molecule has 4 atom stereocenters. The first-order chi connectivity index (χ1) is 17.6. The Hall–Kier alpha value is -3.27. The fraction of sp³-hybridized carbons (Fsp3) is 0.318. The molecule has 0 aliphatic heterocycles. The van der Waals surface area contributed by atoms with Gasteiger partial charge < -0.3 is 15.5 Å². The molecule has 2 aromatic heterocycles. The predicted octanol–water partition coefficient (Wildman–Crippen LogP) is 0.196. The Labute approximate surface area is 216 Å². The third-order valence-electron chi connectivity index (χ3n) is 5.73. The highest BCUT2D eigenvalue weighted by Crippen LogP contribution is 2.28. The van der Waals surface area contributed by atoms with Crippen LogP contribution in [0.15, 0.2) is 49.1 Å². The standard InChI is InChI=1S/C22H23ClN6O7S/c1-24-37(34,35)36-18-8-16(20(32)21(18)33)27-22-14(9-25-11-26-22)19(31)15-5-6-29(28-15)10-17(30)12-3-2-4-13(23)7-12/h2-7,9,11,16,18,20-21,24,32-33H,8,10H2,1H3,(H,25,26,27)/t16-,18-,20+,21+/m1/s1. The van der Waals surface area contributed by atoms with Crippen molar-refractivity contribution in [2.75, 3.05) is 12.4 Å². The zero-order chi connectivity index (χ0) is 26.7. The second-order valence-electron chi connectivity index (χ2n) is 8.21. The van der Waals surface area contributed by atoms with Crippen LogP contribution in [-0.2, 0) is 21.0 Å². The lowest BCUT2D eigenvalue weighted by atomic mass is 10.1. The minimum absolute atomic E-state index is 0.0165. The highest BCUT2D eigenvalue weighted by molar-refractivity contribution is 7.84. The molecule has 196 valence electrons. The molecule has 1 aliphatic carbocycles. The number of hydrogen-bond acceptors (Lipinski definition) is 11. The van der Waals surface area contributed by atoms with Gasteiger partial charge in [0.05, 0.1) is 11.6 Å². The monoisotopic (exact) mass is 550 g/mol. The quantitative estimate of drug-likeness (QED) is 0.252. The van der Waals surface area contributed by atoms with Gasteiger partial charge in [-0.3, -0.25) is 18.5 Å². The minimum Gasteiger partial charge on any atom is -0.388 e. The molecule has 4 N–H and O–H groups in total. The van der Waals surface area contributed by atoms with Crippen LogP contribution >= 0.6 is 11.6 Å². The van der Waals surface area contributed by atoms with Crippen LogP contribution in [0, 0.1) is 0 Å². The van der Waals surface area contributed by atoms with E-state index in [9.17, 15) is 28.2 Å². The van der Waals surface area contributed by atoms with Crippen molar-refractivity contribution in [2.24, 2.45) is 0 Å². The maximum absolute atomic E-state index is 13.2. The van der Waals surface area contributed by atoms with Gasteiger partial charge in [0.25, 0.3) is 0 Å². The predicted molar refractivity (Wildman–Crippen MR) is 130 cm³/mol. The first kappa shape index (κ1) is 26.8. The van der Waals surface area contributed by atoms with E-state index in [1.165, 1.54) is 35.5 Å². The highest BCUT2D eigenvalue weighted by atomic mass is 35.5. The average molecular weight is 551 g/mol. The van der Waals surface area contributed by atoms with Gasteiger partial charge in [-0.1, -0.05) is 23.7 Å². The van der Waals surface area contributed by atoms with Gasteiger partial charge in [-0.25, -0.2) is 9.97 Å². The first-order valence-electron chi connectivity index (χ1n) is 11.0. The van der Waals surface area contributed by atoms with Gasteiger partial charge in [0.1, 0.15) is 42.7 Å². The summed E-state index contributed by atoms with van der Waals surface area (Å²) in [5.41, 5.74) is 0.439. The summed E-state index contributed by atoms with van der Waals surface area (Å²) in [5, 5.41) is 28.1. The molecular weight excluding hydrogens is 528 g/mol. The van der Waals surface area contributed by atoms with Crippen molar-refractivity contribution in [1.29, 1.82) is 0 Å². The summed E-state index contributed by atoms with van der Waals surface area (Å²) in [6.07, 6.45) is -0.321. The van der Waals surface area contributed by atoms with Gasteiger partial charge in [-0.15, -0.1) is 0 Å². The summed E-state index contributed by atoms with van der Waals surface area (Å²) in [7, 11) is -2.96. The number of aromatic nitrogens is 4. The normalized spacial score (nSPS) is 21.6. The lowest BCUT2D eigenvalue weighted by Gasteiger charge is -2.19. The van der Waals surface area contributed by atoms with E-state index in [2.05, 4.69) is 20.4 Å². The largest absolute Gasteiger partial charge is 0.388 e. The molecule has 1 saturated carbocycles. The van der Waals surface area contributed by atoms with Crippen molar-refractivity contribution in [2.45, 2.75) is 37.3 Å². The molecule has 0 spiro atoms. The molecule has 1 fully saturated rings. The SMILES string of the molecule is CNS(=O)(=O)O[C@@H]1C[C@@H](Nc2ncncc2C(=O)c2ccn(CC(=O)c3cccc(Cl)c3)n2)[C@H](O)[C@H]1O. The molecular formula is C22H23ClN6O7S. The van der Waals surface area contributed by atoms with E-state index in [1.54, 1.807) is 18.2 Å². The summed E-state index contributed by atoms with van der Waals surface area (Å²) in [5.74, 6) is -0.769. The van der Waals surface area contributed by atoms with Crippen LogP contribution in [0.2, 0.25) is 5.02 Å². The maximum Gasteiger partial charge on any atom is 0.335 e. The smallest absolute Gasteiger partial charge is 0.335 e. The maximum atomic E-state index is 13.2.